The van der Waals surface area contributed by atoms with Gasteiger partial charge in [-0.15, -0.1) is 0 Å². The Morgan fingerprint density at radius 1 is 1.18 bits per heavy atom. The largest absolute Gasteiger partial charge is 0.383 e. The normalized spacial score (nSPS) is 18.4. The van der Waals surface area contributed by atoms with Crippen LogP contribution in [0.2, 0.25) is 0 Å². The van der Waals surface area contributed by atoms with Crippen LogP contribution in [0.15, 0.2) is 11.8 Å². The summed E-state index contributed by atoms with van der Waals surface area (Å²) in [4.78, 5) is 4.63. The molecular formula is C15H30N2. The number of likely N-dealkylation sites (N-methyl/N-ethyl adjacent to an activating group) is 1. The van der Waals surface area contributed by atoms with Crippen molar-refractivity contribution in [3.05, 3.63) is 11.8 Å². The number of nitrogens with zero attached hydrogens (tertiary/aromatic N) is 2. The van der Waals surface area contributed by atoms with E-state index in [1.54, 1.807) is 5.57 Å². The maximum atomic E-state index is 2.43. The van der Waals surface area contributed by atoms with E-state index in [1.165, 1.54) is 32.1 Å². The fourth-order valence-corrected chi connectivity index (χ4v) is 2.61. The average molecular weight is 238 g/mol. The molecule has 0 radical (unpaired) electrons. The van der Waals surface area contributed by atoms with Gasteiger partial charge in [0, 0.05) is 26.7 Å². The Kier molecular flexibility index (Phi) is 6.04. The molecule has 1 saturated carbocycles. The van der Waals surface area contributed by atoms with Gasteiger partial charge in [0.15, 0.2) is 0 Å². The summed E-state index contributed by atoms with van der Waals surface area (Å²) in [6.07, 6.45) is 9.40. The van der Waals surface area contributed by atoms with Crippen molar-refractivity contribution in [2.75, 3.05) is 27.7 Å². The lowest BCUT2D eigenvalue weighted by molar-refractivity contribution is 0.288. The summed E-state index contributed by atoms with van der Waals surface area (Å²) in [6, 6.07) is 0.629. The molecule has 2 heteroatoms. The molecule has 0 amide bonds. The van der Waals surface area contributed by atoms with Crippen molar-refractivity contribution in [2.24, 2.45) is 5.92 Å². The minimum Gasteiger partial charge on any atom is -0.383 e. The number of rotatable bonds is 6. The van der Waals surface area contributed by atoms with Gasteiger partial charge >= 0.3 is 0 Å². The maximum absolute atomic E-state index is 2.43. The first kappa shape index (κ1) is 14.6. The summed E-state index contributed by atoms with van der Waals surface area (Å²) < 4.78 is 0. The lowest BCUT2D eigenvalue weighted by Crippen LogP contribution is -2.29. The van der Waals surface area contributed by atoms with Crippen molar-refractivity contribution in [3.8, 4) is 0 Å². The van der Waals surface area contributed by atoms with Gasteiger partial charge in [0.05, 0.1) is 0 Å². The summed E-state index contributed by atoms with van der Waals surface area (Å²) in [5, 5.41) is 0. The van der Waals surface area contributed by atoms with Gasteiger partial charge in [-0.25, -0.2) is 0 Å². The highest BCUT2D eigenvalue weighted by Gasteiger charge is 2.17. The molecule has 0 bridgehead atoms. The molecule has 17 heavy (non-hydrogen) atoms. The van der Waals surface area contributed by atoms with Crippen molar-refractivity contribution in [1.82, 2.24) is 9.80 Å². The van der Waals surface area contributed by atoms with E-state index in [9.17, 15) is 0 Å². The first-order valence-corrected chi connectivity index (χ1v) is 7.05. The van der Waals surface area contributed by atoms with E-state index >= 15 is 0 Å². The zero-order valence-electron chi connectivity index (χ0n) is 12.4. The van der Waals surface area contributed by atoms with Gasteiger partial charge in [0.1, 0.15) is 0 Å². The number of hydrogen-bond donors (Lipinski definition) is 0. The van der Waals surface area contributed by atoms with E-state index in [1.807, 2.05) is 0 Å². The van der Waals surface area contributed by atoms with E-state index < -0.39 is 0 Å². The fraction of sp³-hybridized carbons (Fsp3) is 0.867. The Morgan fingerprint density at radius 2 is 1.76 bits per heavy atom. The molecule has 100 valence electrons. The van der Waals surface area contributed by atoms with Gasteiger partial charge in [-0.2, -0.15) is 0 Å². The maximum Gasteiger partial charge on any atom is 0.0210 e. The third kappa shape index (κ3) is 5.58. The lowest BCUT2D eigenvalue weighted by Gasteiger charge is -2.25. The molecule has 0 atom stereocenters. The highest BCUT2D eigenvalue weighted by atomic mass is 15.1. The molecule has 0 aromatic rings. The van der Waals surface area contributed by atoms with Crippen molar-refractivity contribution < 1.29 is 0 Å². The molecule has 2 nitrogen and oxygen atoms in total. The zero-order chi connectivity index (χ0) is 12.8. The van der Waals surface area contributed by atoms with Crippen molar-refractivity contribution in [1.29, 1.82) is 0 Å². The van der Waals surface area contributed by atoms with E-state index in [2.05, 4.69) is 51.0 Å². The lowest BCUT2D eigenvalue weighted by atomic mass is 9.98. The highest BCUT2D eigenvalue weighted by molar-refractivity contribution is 5.05. The average Bonchev–Trinajstić information content (AvgIpc) is 2.68. The van der Waals surface area contributed by atoms with Crippen LogP contribution in [-0.2, 0) is 0 Å². The molecule has 0 aliphatic heterocycles. The van der Waals surface area contributed by atoms with E-state index in [0.29, 0.717) is 6.04 Å². The Labute approximate surface area is 108 Å². The molecule has 0 unspecified atom stereocenters. The summed E-state index contributed by atoms with van der Waals surface area (Å²) in [6.45, 7) is 5.65. The smallest absolute Gasteiger partial charge is 0.0210 e. The van der Waals surface area contributed by atoms with Crippen molar-refractivity contribution in [2.45, 2.75) is 52.0 Å². The molecule has 1 fully saturated rings. The molecular weight excluding hydrogens is 208 g/mol. The van der Waals surface area contributed by atoms with Gasteiger partial charge < -0.3 is 4.90 Å². The molecule has 1 rings (SSSR count). The Bertz CT molecular complexity index is 231. The SMILES string of the molecule is CC(C)N(C)C/C(=C/N(C)C)CC1CCCC1. The first-order valence-electron chi connectivity index (χ1n) is 7.05. The van der Waals surface area contributed by atoms with E-state index in [-0.39, 0.29) is 0 Å². The number of hydrogen-bond acceptors (Lipinski definition) is 2. The van der Waals surface area contributed by atoms with Gasteiger partial charge in [-0.3, -0.25) is 4.90 Å². The van der Waals surface area contributed by atoms with Crippen LogP contribution in [0.4, 0.5) is 0 Å². The van der Waals surface area contributed by atoms with Crippen LogP contribution in [0.5, 0.6) is 0 Å². The van der Waals surface area contributed by atoms with Crippen LogP contribution in [-0.4, -0.2) is 43.5 Å². The minimum absolute atomic E-state index is 0.629. The molecule has 0 spiro atoms. The van der Waals surface area contributed by atoms with E-state index in [4.69, 9.17) is 0 Å². The molecule has 0 aromatic heterocycles. The predicted octanol–water partition coefficient (Wildman–Crippen LogP) is 3.35. The second kappa shape index (κ2) is 7.05. The molecule has 0 aromatic carbocycles. The van der Waals surface area contributed by atoms with E-state index in [0.717, 1.165) is 12.5 Å². The topological polar surface area (TPSA) is 6.48 Å². The van der Waals surface area contributed by atoms with Crippen LogP contribution in [0.3, 0.4) is 0 Å². The van der Waals surface area contributed by atoms with Crippen LogP contribution in [0, 0.1) is 5.92 Å². The minimum atomic E-state index is 0.629. The standard InChI is InChI=1S/C15H30N2/c1-13(2)17(5)12-15(11-16(3)4)10-14-8-6-7-9-14/h11,13-14H,6-10,12H2,1-5H3/b15-11+. The second-order valence-electron chi connectivity index (χ2n) is 6.11. The van der Waals surface area contributed by atoms with Gasteiger partial charge in [0.25, 0.3) is 0 Å². The highest BCUT2D eigenvalue weighted by Crippen LogP contribution is 2.30. The van der Waals surface area contributed by atoms with Gasteiger partial charge in [-0.1, -0.05) is 25.7 Å². The molecule has 0 saturated heterocycles. The Morgan fingerprint density at radius 3 is 2.24 bits per heavy atom. The Hall–Kier alpha value is -0.500. The molecule has 1 aliphatic carbocycles. The second-order valence-corrected chi connectivity index (χ2v) is 6.11. The molecule has 1 aliphatic rings. The monoisotopic (exact) mass is 238 g/mol. The third-order valence-electron chi connectivity index (χ3n) is 3.80. The van der Waals surface area contributed by atoms with Crippen molar-refractivity contribution >= 4 is 0 Å². The first-order chi connectivity index (χ1) is 7.99. The summed E-state index contributed by atoms with van der Waals surface area (Å²) in [5.74, 6) is 0.946. The van der Waals surface area contributed by atoms with Crippen LogP contribution < -0.4 is 0 Å². The van der Waals surface area contributed by atoms with Crippen LogP contribution in [0.25, 0.3) is 0 Å². The third-order valence-corrected chi connectivity index (χ3v) is 3.80. The van der Waals surface area contributed by atoms with Gasteiger partial charge in [0.2, 0.25) is 0 Å². The van der Waals surface area contributed by atoms with Crippen LogP contribution >= 0.6 is 0 Å². The van der Waals surface area contributed by atoms with Crippen LogP contribution in [0.1, 0.15) is 46.0 Å². The van der Waals surface area contributed by atoms with Gasteiger partial charge in [-0.05, 0) is 45.0 Å². The molecule has 0 N–H and O–H groups in total. The molecule has 0 heterocycles. The summed E-state index contributed by atoms with van der Waals surface area (Å²) in [7, 11) is 6.48. The van der Waals surface area contributed by atoms with Crippen molar-refractivity contribution in [3.63, 3.8) is 0 Å². The fourth-order valence-electron chi connectivity index (χ4n) is 2.61. The zero-order valence-corrected chi connectivity index (χ0v) is 12.4. The Balaban J connectivity index is 2.53. The quantitative estimate of drug-likeness (QED) is 0.700. The summed E-state index contributed by atoms with van der Waals surface area (Å²) >= 11 is 0. The predicted molar refractivity (Wildman–Crippen MR) is 76.1 cm³/mol. The summed E-state index contributed by atoms with van der Waals surface area (Å²) in [5.41, 5.74) is 1.60.